The first-order chi connectivity index (χ1) is 16.5. The topological polar surface area (TPSA) is 80.5 Å². The monoisotopic (exact) mass is 478 g/mol. The van der Waals surface area contributed by atoms with Gasteiger partial charge < -0.3 is 20.7 Å². The van der Waals surface area contributed by atoms with Crippen molar-refractivity contribution in [3.05, 3.63) is 64.0 Å². The SMILES string of the molecule is CCOc1ccc(-c2ccc(N)nc2C)cc1CN(C(=O)c1cccs1)C1CCC(NC)CC1. The summed E-state index contributed by atoms with van der Waals surface area (Å²) in [4.78, 5) is 20.9. The maximum Gasteiger partial charge on any atom is 0.264 e. The van der Waals surface area contributed by atoms with Crippen LogP contribution in [-0.2, 0) is 6.54 Å². The van der Waals surface area contributed by atoms with Crippen LogP contribution in [0.4, 0.5) is 5.82 Å². The maximum absolute atomic E-state index is 13.6. The zero-order valence-corrected chi connectivity index (χ0v) is 21.0. The van der Waals surface area contributed by atoms with Crippen LogP contribution in [0.2, 0.25) is 0 Å². The number of ether oxygens (including phenoxy) is 1. The Morgan fingerprint density at radius 1 is 1.21 bits per heavy atom. The van der Waals surface area contributed by atoms with E-state index in [2.05, 4.69) is 27.3 Å². The third-order valence-electron chi connectivity index (χ3n) is 6.66. The smallest absolute Gasteiger partial charge is 0.264 e. The number of pyridine rings is 1. The van der Waals surface area contributed by atoms with Gasteiger partial charge in [-0.15, -0.1) is 11.3 Å². The molecular weight excluding hydrogens is 444 g/mol. The minimum atomic E-state index is 0.0982. The molecule has 0 bridgehead atoms. The molecule has 1 aromatic carbocycles. The number of nitrogens with one attached hydrogen (secondary N) is 1. The number of aryl methyl sites for hydroxylation is 1. The van der Waals surface area contributed by atoms with Gasteiger partial charge in [-0.1, -0.05) is 12.1 Å². The molecule has 1 saturated carbocycles. The molecule has 0 saturated heterocycles. The molecule has 7 heteroatoms. The van der Waals surface area contributed by atoms with Crippen LogP contribution in [0.3, 0.4) is 0 Å². The number of carbonyl (C=O) groups is 1. The van der Waals surface area contributed by atoms with E-state index < -0.39 is 0 Å². The predicted octanol–water partition coefficient (Wildman–Crippen LogP) is 5.27. The molecule has 0 atom stereocenters. The lowest BCUT2D eigenvalue weighted by Gasteiger charge is -2.37. The molecule has 1 amide bonds. The molecule has 0 spiro atoms. The van der Waals surface area contributed by atoms with Gasteiger partial charge in [-0.05, 0) is 87.9 Å². The van der Waals surface area contributed by atoms with Crippen LogP contribution in [0.5, 0.6) is 5.75 Å². The predicted molar refractivity (Wildman–Crippen MR) is 139 cm³/mol. The van der Waals surface area contributed by atoms with Gasteiger partial charge in [-0.3, -0.25) is 4.79 Å². The number of nitrogen functional groups attached to an aromatic ring is 1. The van der Waals surface area contributed by atoms with E-state index >= 15 is 0 Å². The number of aromatic nitrogens is 1. The second-order valence-corrected chi connectivity index (χ2v) is 9.78. The largest absolute Gasteiger partial charge is 0.494 e. The van der Waals surface area contributed by atoms with Gasteiger partial charge in [0, 0.05) is 35.4 Å². The first kappa shape index (κ1) is 24.2. The number of thiophene rings is 1. The van der Waals surface area contributed by atoms with Crippen molar-refractivity contribution in [3.63, 3.8) is 0 Å². The summed E-state index contributed by atoms with van der Waals surface area (Å²) >= 11 is 1.50. The second-order valence-electron chi connectivity index (χ2n) is 8.83. The molecule has 2 heterocycles. The van der Waals surface area contributed by atoms with E-state index in [1.165, 1.54) is 11.3 Å². The molecule has 2 aromatic heterocycles. The van der Waals surface area contributed by atoms with Gasteiger partial charge in [0.1, 0.15) is 11.6 Å². The molecule has 0 aliphatic heterocycles. The molecule has 6 nitrogen and oxygen atoms in total. The van der Waals surface area contributed by atoms with Crippen molar-refractivity contribution in [2.75, 3.05) is 19.4 Å². The summed E-state index contributed by atoms with van der Waals surface area (Å²) in [5.74, 6) is 1.43. The number of hydrogen-bond acceptors (Lipinski definition) is 6. The van der Waals surface area contributed by atoms with Crippen molar-refractivity contribution in [2.24, 2.45) is 0 Å². The number of amides is 1. The first-order valence-electron chi connectivity index (χ1n) is 12.0. The second kappa shape index (κ2) is 11.0. The lowest BCUT2D eigenvalue weighted by molar-refractivity contribution is 0.0604. The van der Waals surface area contributed by atoms with Crippen LogP contribution < -0.4 is 15.8 Å². The normalized spacial score (nSPS) is 18.0. The van der Waals surface area contributed by atoms with Crippen LogP contribution in [0.1, 0.15) is 53.5 Å². The fourth-order valence-electron chi connectivity index (χ4n) is 4.82. The standard InChI is InChI=1S/C27H34N4O2S/c1-4-33-24-13-7-19(23-12-14-26(28)30-18(23)2)16-20(24)17-31(27(32)25-6-5-15-34-25)22-10-8-21(29-3)9-11-22/h5-7,12-16,21-22,29H,4,8-11,17H2,1-3H3,(H2,28,30). The lowest BCUT2D eigenvalue weighted by atomic mass is 9.89. The Labute approximate surface area is 206 Å². The zero-order valence-electron chi connectivity index (χ0n) is 20.2. The van der Waals surface area contributed by atoms with Crippen molar-refractivity contribution >= 4 is 23.1 Å². The van der Waals surface area contributed by atoms with Crippen molar-refractivity contribution in [2.45, 2.75) is 58.2 Å². The highest BCUT2D eigenvalue weighted by atomic mass is 32.1. The van der Waals surface area contributed by atoms with Crippen LogP contribution in [-0.4, -0.2) is 41.5 Å². The molecule has 0 radical (unpaired) electrons. The number of nitrogens with two attached hydrogens (primary N) is 1. The van der Waals surface area contributed by atoms with Crippen LogP contribution in [0, 0.1) is 6.92 Å². The Bertz CT molecular complexity index is 1110. The molecule has 3 N–H and O–H groups in total. The molecule has 3 aromatic rings. The number of carbonyl (C=O) groups excluding carboxylic acids is 1. The van der Waals surface area contributed by atoms with Crippen molar-refractivity contribution in [1.82, 2.24) is 15.2 Å². The summed E-state index contributed by atoms with van der Waals surface area (Å²) < 4.78 is 5.99. The Balaban J connectivity index is 1.69. The highest BCUT2D eigenvalue weighted by molar-refractivity contribution is 7.12. The van der Waals surface area contributed by atoms with Gasteiger partial charge in [-0.2, -0.15) is 0 Å². The summed E-state index contributed by atoms with van der Waals surface area (Å²) in [6.07, 6.45) is 4.13. The summed E-state index contributed by atoms with van der Waals surface area (Å²) in [6.45, 7) is 5.03. The van der Waals surface area contributed by atoms with Crippen molar-refractivity contribution in [1.29, 1.82) is 0 Å². The Hall–Kier alpha value is -2.90. The number of rotatable bonds is 8. The molecule has 0 unspecified atom stereocenters. The van der Waals surface area contributed by atoms with Gasteiger partial charge in [0.2, 0.25) is 0 Å². The minimum absolute atomic E-state index is 0.0982. The van der Waals surface area contributed by atoms with E-state index in [0.29, 0.717) is 25.0 Å². The molecule has 1 aliphatic rings. The highest BCUT2D eigenvalue weighted by Gasteiger charge is 2.30. The number of benzene rings is 1. The Morgan fingerprint density at radius 2 is 2.00 bits per heavy atom. The van der Waals surface area contributed by atoms with Crippen molar-refractivity contribution < 1.29 is 9.53 Å². The van der Waals surface area contributed by atoms with Gasteiger partial charge in [-0.25, -0.2) is 4.98 Å². The maximum atomic E-state index is 13.6. The number of nitrogens with zero attached hydrogens (tertiary/aromatic N) is 2. The van der Waals surface area contributed by atoms with Gasteiger partial charge in [0.25, 0.3) is 5.91 Å². The number of anilines is 1. The molecule has 4 rings (SSSR count). The molecule has 1 fully saturated rings. The van der Waals surface area contributed by atoms with E-state index in [9.17, 15) is 4.79 Å². The van der Waals surface area contributed by atoms with E-state index in [1.807, 2.05) is 56.6 Å². The average Bonchev–Trinajstić information content (AvgIpc) is 3.38. The summed E-state index contributed by atoms with van der Waals surface area (Å²) in [7, 11) is 2.02. The fraction of sp³-hybridized carbons (Fsp3) is 0.407. The zero-order chi connectivity index (χ0) is 24.1. The quantitative estimate of drug-likeness (QED) is 0.461. The average molecular weight is 479 g/mol. The van der Waals surface area contributed by atoms with Crippen LogP contribution in [0.25, 0.3) is 11.1 Å². The lowest BCUT2D eigenvalue weighted by Crippen LogP contribution is -2.44. The van der Waals surface area contributed by atoms with Gasteiger partial charge >= 0.3 is 0 Å². The highest BCUT2D eigenvalue weighted by Crippen LogP contribution is 2.33. The summed E-state index contributed by atoms with van der Waals surface area (Å²) in [5.41, 5.74) is 9.84. The number of hydrogen-bond donors (Lipinski definition) is 2. The minimum Gasteiger partial charge on any atom is -0.494 e. The third-order valence-corrected chi connectivity index (χ3v) is 7.52. The fourth-order valence-corrected chi connectivity index (χ4v) is 5.50. The van der Waals surface area contributed by atoms with Gasteiger partial charge in [0.15, 0.2) is 0 Å². The molecular formula is C27H34N4O2S. The molecule has 34 heavy (non-hydrogen) atoms. The summed E-state index contributed by atoms with van der Waals surface area (Å²) in [5, 5.41) is 5.36. The van der Waals surface area contributed by atoms with Gasteiger partial charge in [0.05, 0.1) is 11.5 Å². The summed E-state index contributed by atoms with van der Waals surface area (Å²) in [6, 6.07) is 14.6. The first-order valence-corrected chi connectivity index (χ1v) is 12.9. The van der Waals surface area contributed by atoms with E-state index in [4.69, 9.17) is 10.5 Å². The Kier molecular flexibility index (Phi) is 7.85. The van der Waals surface area contributed by atoms with E-state index in [0.717, 1.165) is 58.7 Å². The third kappa shape index (κ3) is 5.42. The van der Waals surface area contributed by atoms with E-state index in [1.54, 1.807) is 0 Å². The van der Waals surface area contributed by atoms with Crippen LogP contribution in [0.15, 0.2) is 47.8 Å². The molecule has 180 valence electrons. The van der Waals surface area contributed by atoms with Crippen LogP contribution >= 0.6 is 11.3 Å². The van der Waals surface area contributed by atoms with Crippen molar-refractivity contribution in [3.8, 4) is 16.9 Å². The molecule has 1 aliphatic carbocycles. The van der Waals surface area contributed by atoms with E-state index in [-0.39, 0.29) is 11.9 Å². The Morgan fingerprint density at radius 3 is 2.65 bits per heavy atom.